The Morgan fingerprint density at radius 3 is 2.36 bits per heavy atom. The molecule has 0 aliphatic rings. The molecule has 0 aromatic carbocycles. The summed E-state index contributed by atoms with van der Waals surface area (Å²) in [5.74, 6) is -0.0187. The topological polar surface area (TPSA) is 58.2 Å². The minimum absolute atomic E-state index is 0.0521. The van der Waals surface area contributed by atoms with Gasteiger partial charge in [0.1, 0.15) is 0 Å². The lowest BCUT2D eigenvalue weighted by Crippen LogP contribution is -2.33. The molecule has 0 unspecified atom stereocenters. The van der Waals surface area contributed by atoms with Crippen LogP contribution in [0.25, 0.3) is 0 Å². The Kier molecular flexibility index (Phi) is 8.62. The van der Waals surface area contributed by atoms with Gasteiger partial charge in [-0.15, -0.1) is 0 Å². The number of rotatable bonds is 7. The molecule has 0 aromatic heterocycles. The molecule has 5 heteroatoms. The van der Waals surface area contributed by atoms with Crippen LogP contribution in [0.4, 0.5) is 0 Å². The van der Waals surface area contributed by atoms with E-state index < -0.39 is 0 Å². The molecule has 2 N–H and O–H groups in total. The fourth-order valence-electron chi connectivity index (χ4n) is 0.909. The summed E-state index contributed by atoms with van der Waals surface area (Å²) in [5, 5.41) is 6.27. The van der Waals surface area contributed by atoms with E-state index in [1.807, 2.05) is 0 Å². The van der Waals surface area contributed by atoms with E-state index in [1.165, 1.54) is 6.92 Å². The van der Waals surface area contributed by atoms with E-state index >= 15 is 0 Å². The van der Waals surface area contributed by atoms with Crippen LogP contribution in [0.1, 0.15) is 26.2 Å². The van der Waals surface area contributed by atoms with Crippen molar-refractivity contribution in [1.29, 1.82) is 0 Å². The number of unbranched alkanes of at least 4 members (excludes halogenated alkanes) is 1. The zero-order chi connectivity index (χ0) is 10.8. The van der Waals surface area contributed by atoms with E-state index in [2.05, 4.69) is 26.6 Å². The third kappa shape index (κ3) is 9.51. The van der Waals surface area contributed by atoms with Gasteiger partial charge in [-0.3, -0.25) is 9.59 Å². The van der Waals surface area contributed by atoms with Crippen molar-refractivity contribution in [1.82, 2.24) is 10.6 Å². The van der Waals surface area contributed by atoms with E-state index in [9.17, 15) is 9.59 Å². The standard InChI is InChI=1S/C9H17BrN2O2/c1-8(13)11-6-7-12-9(14)4-2-3-5-10/h2-7H2,1H3,(H,11,13)(H,12,14). The Balaban J connectivity index is 3.22. The molecule has 4 nitrogen and oxygen atoms in total. The fourth-order valence-corrected chi connectivity index (χ4v) is 1.31. The average Bonchev–Trinajstić information content (AvgIpc) is 2.13. The molecule has 0 aliphatic heterocycles. The van der Waals surface area contributed by atoms with Gasteiger partial charge in [0.05, 0.1) is 0 Å². The van der Waals surface area contributed by atoms with Crippen LogP contribution in [0.5, 0.6) is 0 Å². The first kappa shape index (κ1) is 13.4. The second kappa shape index (κ2) is 8.99. The third-order valence-corrected chi connectivity index (χ3v) is 2.17. The highest BCUT2D eigenvalue weighted by Crippen LogP contribution is 1.97. The number of carbonyl (C=O) groups is 2. The molecule has 0 spiro atoms. The molecule has 0 aromatic rings. The van der Waals surface area contributed by atoms with E-state index in [1.54, 1.807) is 0 Å². The van der Waals surface area contributed by atoms with Gasteiger partial charge in [-0.2, -0.15) is 0 Å². The maximum absolute atomic E-state index is 11.1. The molecule has 0 saturated heterocycles. The summed E-state index contributed by atoms with van der Waals surface area (Å²) in [6.07, 6.45) is 2.47. The maximum Gasteiger partial charge on any atom is 0.220 e. The average molecular weight is 265 g/mol. The van der Waals surface area contributed by atoms with E-state index in [4.69, 9.17) is 0 Å². The van der Waals surface area contributed by atoms with Crippen molar-refractivity contribution in [3.63, 3.8) is 0 Å². The summed E-state index contributed by atoms with van der Waals surface area (Å²) < 4.78 is 0. The zero-order valence-corrected chi connectivity index (χ0v) is 10.0. The largest absolute Gasteiger partial charge is 0.355 e. The Labute approximate surface area is 92.9 Å². The quantitative estimate of drug-likeness (QED) is 0.528. The van der Waals surface area contributed by atoms with Gasteiger partial charge in [0.2, 0.25) is 11.8 Å². The number of nitrogens with one attached hydrogen (secondary N) is 2. The molecular weight excluding hydrogens is 248 g/mol. The highest BCUT2D eigenvalue weighted by molar-refractivity contribution is 9.09. The first-order valence-electron chi connectivity index (χ1n) is 4.74. The molecule has 82 valence electrons. The second-order valence-corrected chi connectivity index (χ2v) is 3.77. The van der Waals surface area contributed by atoms with Crippen LogP contribution in [-0.4, -0.2) is 30.2 Å². The van der Waals surface area contributed by atoms with Gasteiger partial charge in [-0.1, -0.05) is 15.9 Å². The van der Waals surface area contributed by atoms with E-state index in [0.717, 1.165) is 18.2 Å². The monoisotopic (exact) mass is 264 g/mol. The Morgan fingerprint density at radius 1 is 1.14 bits per heavy atom. The first-order valence-corrected chi connectivity index (χ1v) is 5.86. The van der Waals surface area contributed by atoms with Gasteiger partial charge >= 0.3 is 0 Å². The molecule has 0 bridgehead atoms. The first-order chi connectivity index (χ1) is 6.66. The smallest absolute Gasteiger partial charge is 0.220 e. The predicted molar refractivity (Wildman–Crippen MR) is 59.3 cm³/mol. The van der Waals surface area contributed by atoms with E-state index in [0.29, 0.717) is 19.5 Å². The van der Waals surface area contributed by atoms with Crippen LogP contribution in [0.3, 0.4) is 0 Å². The lowest BCUT2D eigenvalue weighted by Gasteiger charge is -2.04. The summed E-state index contributed by atoms with van der Waals surface area (Å²) in [6.45, 7) is 2.46. The third-order valence-electron chi connectivity index (χ3n) is 1.61. The fraction of sp³-hybridized carbons (Fsp3) is 0.778. The molecule has 0 radical (unpaired) electrons. The summed E-state index contributed by atoms with van der Waals surface area (Å²) in [5.41, 5.74) is 0. The Hall–Kier alpha value is -0.580. The minimum Gasteiger partial charge on any atom is -0.355 e. The van der Waals surface area contributed by atoms with Crippen LogP contribution in [0, 0.1) is 0 Å². The highest BCUT2D eigenvalue weighted by Gasteiger charge is 1.99. The van der Waals surface area contributed by atoms with Gasteiger partial charge < -0.3 is 10.6 Å². The van der Waals surface area contributed by atoms with E-state index in [-0.39, 0.29) is 11.8 Å². The number of amides is 2. The number of alkyl halides is 1. The normalized spacial score (nSPS) is 9.57. The van der Waals surface area contributed by atoms with Crippen LogP contribution < -0.4 is 10.6 Å². The van der Waals surface area contributed by atoms with Crippen molar-refractivity contribution in [3.05, 3.63) is 0 Å². The van der Waals surface area contributed by atoms with Crippen molar-refractivity contribution >= 4 is 27.7 Å². The van der Waals surface area contributed by atoms with Crippen molar-refractivity contribution < 1.29 is 9.59 Å². The van der Waals surface area contributed by atoms with Gasteiger partial charge in [0, 0.05) is 31.8 Å². The van der Waals surface area contributed by atoms with Crippen molar-refractivity contribution in [2.45, 2.75) is 26.2 Å². The number of halogens is 1. The van der Waals surface area contributed by atoms with Crippen LogP contribution in [0.2, 0.25) is 0 Å². The lowest BCUT2D eigenvalue weighted by molar-refractivity contribution is -0.122. The van der Waals surface area contributed by atoms with Crippen molar-refractivity contribution in [3.8, 4) is 0 Å². The molecule has 0 atom stereocenters. The molecule has 0 aliphatic carbocycles. The molecule has 0 rings (SSSR count). The van der Waals surface area contributed by atoms with Crippen LogP contribution >= 0.6 is 15.9 Å². The number of hydrogen-bond acceptors (Lipinski definition) is 2. The van der Waals surface area contributed by atoms with Crippen molar-refractivity contribution in [2.75, 3.05) is 18.4 Å². The van der Waals surface area contributed by atoms with Gasteiger partial charge in [0.15, 0.2) is 0 Å². The van der Waals surface area contributed by atoms with Gasteiger partial charge in [0.25, 0.3) is 0 Å². The van der Waals surface area contributed by atoms with Crippen LogP contribution in [-0.2, 0) is 9.59 Å². The molecular formula is C9H17BrN2O2. The summed E-state index contributed by atoms with van der Waals surface area (Å²) in [7, 11) is 0. The summed E-state index contributed by atoms with van der Waals surface area (Å²) in [6, 6.07) is 0. The van der Waals surface area contributed by atoms with Crippen LogP contribution in [0.15, 0.2) is 0 Å². The number of hydrogen-bond donors (Lipinski definition) is 2. The second-order valence-electron chi connectivity index (χ2n) is 2.98. The molecule has 0 fully saturated rings. The summed E-state index contributed by atoms with van der Waals surface area (Å²) in [4.78, 5) is 21.6. The van der Waals surface area contributed by atoms with Gasteiger partial charge in [-0.05, 0) is 12.8 Å². The molecule has 0 heterocycles. The minimum atomic E-state index is -0.0708. The zero-order valence-electron chi connectivity index (χ0n) is 8.44. The SMILES string of the molecule is CC(=O)NCCNC(=O)CCCCBr. The Bertz CT molecular complexity index is 186. The number of carbonyl (C=O) groups excluding carboxylic acids is 2. The Morgan fingerprint density at radius 2 is 1.79 bits per heavy atom. The molecule has 0 saturated carbocycles. The highest BCUT2D eigenvalue weighted by atomic mass is 79.9. The lowest BCUT2D eigenvalue weighted by atomic mass is 10.2. The molecule has 14 heavy (non-hydrogen) atoms. The van der Waals surface area contributed by atoms with Crippen molar-refractivity contribution in [2.24, 2.45) is 0 Å². The molecule has 2 amide bonds. The summed E-state index contributed by atoms with van der Waals surface area (Å²) >= 11 is 3.30. The predicted octanol–water partition coefficient (Wildman–Crippen LogP) is 0.804. The maximum atomic E-state index is 11.1. The van der Waals surface area contributed by atoms with Gasteiger partial charge in [-0.25, -0.2) is 0 Å².